The molecule has 0 radical (unpaired) electrons. The summed E-state index contributed by atoms with van der Waals surface area (Å²) in [7, 11) is 0. The first kappa shape index (κ1) is 16.5. The molecule has 0 aliphatic rings. The van der Waals surface area contributed by atoms with E-state index in [1.54, 1.807) is 0 Å². The quantitative estimate of drug-likeness (QED) is 0.795. The van der Waals surface area contributed by atoms with Crippen molar-refractivity contribution in [2.75, 3.05) is 0 Å². The summed E-state index contributed by atoms with van der Waals surface area (Å²) in [5.74, 6) is 0.188. The minimum absolute atomic E-state index is 0.0158. The summed E-state index contributed by atoms with van der Waals surface area (Å²) in [5, 5.41) is 3.18. The summed E-state index contributed by atoms with van der Waals surface area (Å²) in [4.78, 5) is 12.2. The maximum atomic E-state index is 12.2. The number of nitrogens with one attached hydrogen (secondary N) is 1. The Bertz CT molecular complexity index is 266. The summed E-state index contributed by atoms with van der Waals surface area (Å²) in [6.07, 6.45) is 0.975. The maximum Gasteiger partial charge on any atom is 0.223 e. The van der Waals surface area contributed by atoms with Crippen molar-refractivity contribution in [2.45, 2.75) is 74.3 Å². The van der Waals surface area contributed by atoms with Crippen LogP contribution in [0.25, 0.3) is 0 Å². The molecule has 1 amide bonds. The first-order chi connectivity index (χ1) is 7.25. The van der Waals surface area contributed by atoms with Crippen molar-refractivity contribution < 1.29 is 4.79 Å². The second kappa shape index (κ2) is 4.99. The van der Waals surface area contributed by atoms with E-state index in [4.69, 9.17) is 0 Å². The molecule has 1 atom stereocenters. The van der Waals surface area contributed by atoms with Crippen LogP contribution in [0.3, 0.4) is 0 Å². The average molecular weight is 241 g/mol. The number of hydrogen-bond donors (Lipinski definition) is 1. The Morgan fingerprint density at radius 2 is 1.41 bits per heavy atom. The SMILES string of the molecule is CC(C(=O)NC(C)(C)CC(C)(C)C)C(C)(C)C. The first-order valence-corrected chi connectivity index (χ1v) is 6.57. The van der Waals surface area contributed by atoms with Gasteiger partial charge in [-0.25, -0.2) is 0 Å². The van der Waals surface area contributed by atoms with Gasteiger partial charge in [-0.3, -0.25) is 4.79 Å². The monoisotopic (exact) mass is 241 g/mol. The predicted molar refractivity (Wildman–Crippen MR) is 74.9 cm³/mol. The third-order valence-electron chi connectivity index (χ3n) is 3.13. The van der Waals surface area contributed by atoms with Gasteiger partial charge < -0.3 is 5.32 Å². The zero-order valence-corrected chi connectivity index (χ0v) is 13.2. The molecule has 0 aliphatic heterocycles. The van der Waals surface area contributed by atoms with Crippen LogP contribution >= 0.6 is 0 Å². The molecule has 2 nitrogen and oxygen atoms in total. The highest BCUT2D eigenvalue weighted by Gasteiger charge is 2.32. The molecule has 0 bridgehead atoms. The zero-order valence-electron chi connectivity index (χ0n) is 13.2. The predicted octanol–water partition coefficient (Wildman–Crippen LogP) is 4.00. The molecule has 0 fully saturated rings. The standard InChI is InChI=1S/C15H31NO/c1-11(14(5,6)7)12(17)16-15(8,9)10-13(2,3)4/h11H,10H2,1-9H3,(H,16,17). The van der Waals surface area contributed by atoms with Crippen molar-refractivity contribution in [2.24, 2.45) is 16.7 Å². The molecule has 0 aliphatic carbocycles. The third-order valence-corrected chi connectivity index (χ3v) is 3.13. The smallest absolute Gasteiger partial charge is 0.223 e. The number of hydrogen-bond acceptors (Lipinski definition) is 1. The van der Waals surface area contributed by atoms with Crippen molar-refractivity contribution in [1.29, 1.82) is 0 Å². The fraction of sp³-hybridized carbons (Fsp3) is 0.933. The Labute approximate surface area is 108 Å². The van der Waals surface area contributed by atoms with E-state index in [1.807, 2.05) is 6.92 Å². The van der Waals surface area contributed by atoms with Crippen molar-refractivity contribution >= 4 is 5.91 Å². The number of amides is 1. The van der Waals surface area contributed by atoms with Gasteiger partial charge >= 0.3 is 0 Å². The van der Waals surface area contributed by atoms with Gasteiger partial charge in [0.1, 0.15) is 0 Å². The van der Waals surface area contributed by atoms with Crippen molar-refractivity contribution in [3.8, 4) is 0 Å². The van der Waals surface area contributed by atoms with Crippen LogP contribution in [0.2, 0.25) is 0 Å². The third kappa shape index (κ3) is 6.70. The Morgan fingerprint density at radius 3 is 1.71 bits per heavy atom. The van der Waals surface area contributed by atoms with Crippen molar-refractivity contribution in [3.05, 3.63) is 0 Å². The number of carbonyl (C=O) groups is 1. The minimum Gasteiger partial charge on any atom is -0.351 e. The summed E-state index contributed by atoms with van der Waals surface area (Å²) >= 11 is 0. The Morgan fingerprint density at radius 1 is 1.00 bits per heavy atom. The van der Waals surface area contributed by atoms with Crippen LogP contribution in [0.1, 0.15) is 68.7 Å². The Balaban J connectivity index is 4.58. The van der Waals surface area contributed by atoms with Gasteiger partial charge in [-0.05, 0) is 31.1 Å². The number of carbonyl (C=O) groups excluding carboxylic acids is 1. The van der Waals surface area contributed by atoms with Crippen LogP contribution in [-0.2, 0) is 4.79 Å². The normalized spacial score (nSPS) is 15.6. The lowest BCUT2D eigenvalue weighted by Crippen LogP contribution is -2.49. The first-order valence-electron chi connectivity index (χ1n) is 6.57. The molecule has 0 aromatic rings. The minimum atomic E-state index is -0.144. The molecule has 0 aromatic heterocycles. The van der Waals surface area contributed by atoms with Gasteiger partial charge in [0, 0.05) is 11.5 Å². The van der Waals surface area contributed by atoms with E-state index in [9.17, 15) is 4.79 Å². The van der Waals surface area contributed by atoms with Gasteiger partial charge in [-0.2, -0.15) is 0 Å². The number of rotatable bonds is 3. The molecular formula is C15H31NO. The highest BCUT2D eigenvalue weighted by Crippen LogP contribution is 2.29. The molecule has 102 valence electrons. The second-order valence-electron chi connectivity index (χ2n) is 8.20. The molecule has 0 aromatic carbocycles. The Kier molecular flexibility index (Phi) is 4.84. The topological polar surface area (TPSA) is 29.1 Å². The van der Waals surface area contributed by atoms with Gasteiger partial charge in [0.25, 0.3) is 0 Å². The largest absolute Gasteiger partial charge is 0.351 e. The van der Waals surface area contributed by atoms with Crippen LogP contribution in [0.5, 0.6) is 0 Å². The molecule has 0 rings (SSSR count). The van der Waals surface area contributed by atoms with Crippen LogP contribution in [0.15, 0.2) is 0 Å². The highest BCUT2D eigenvalue weighted by molar-refractivity contribution is 5.79. The van der Waals surface area contributed by atoms with Gasteiger partial charge in [0.2, 0.25) is 5.91 Å². The van der Waals surface area contributed by atoms with E-state index >= 15 is 0 Å². The van der Waals surface area contributed by atoms with Crippen molar-refractivity contribution in [1.82, 2.24) is 5.32 Å². The molecule has 17 heavy (non-hydrogen) atoms. The highest BCUT2D eigenvalue weighted by atomic mass is 16.2. The maximum absolute atomic E-state index is 12.2. The van der Waals surface area contributed by atoms with E-state index in [-0.39, 0.29) is 28.2 Å². The van der Waals surface area contributed by atoms with E-state index in [1.165, 1.54) is 0 Å². The summed E-state index contributed by atoms with van der Waals surface area (Å²) < 4.78 is 0. The lowest BCUT2D eigenvalue weighted by Gasteiger charge is -2.36. The lowest BCUT2D eigenvalue weighted by atomic mass is 9.79. The summed E-state index contributed by atoms with van der Waals surface area (Å²) in [6.45, 7) is 19.1. The van der Waals surface area contributed by atoms with Crippen LogP contribution in [0, 0.1) is 16.7 Å². The van der Waals surface area contributed by atoms with E-state index in [2.05, 4.69) is 60.7 Å². The molecule has 1 N–H and O–H groups in total. The van der Waals surface area contributed by atoms with Gasteiger partial charge in [-0.1, -0.05) is 48.5 Å². The van der Waals surface area contributed by atoms with E-state index in [0.717, 1.165) is 6.42 Å². The summed E-state index contributed by atoms with van der Waals surface area (Å²) in [6, 6.07) is 0. The zero-order chi connectivity index (χ0) is 14.1. The van der Waals surface area contributed by atoms with E-state index in [0.29, 0.717) is 0 Å². The second-order valence-corrected chi connectivity index (χ2v) is 8.20. The summed E-state index contributed by atoms with van der Waals surface area (Å²) in [5.41, 5.74) is 0.0957. The molecule has 1 unspecified atom stereocenters. The van der Waals surface area contributed by atoms with Gasteiger partial charge in [0.15, 0.2) is 0 Å². The molecular weight excluding hydrogens is 210 g/mol. The molecule has 0 saturated carbocycles. The molecule has 0 saturated heterocycles. The lowest BCUT2D eigenvalue weighted by molar-refractivity contribution is -0.129. The van der Waals surface area contributed by atoms with E-state index < -0.39 is 0 Å². The van der Waals surface area contributed by atoms with Crippen LogP contribution < -0.4 is 5.32 Å². The fourth-order valence-corrected chi connectivity index (χ4v) is 2.21. The van der Waals surface area contributed by atoms with Crippen molar-refractivity contribution in [3.63, 3.8) is 0 Å². The fourth-order valence-electron chi connectivity index (χ4n) is 2.21. The van der Waals surface area contributed by atoms with Crippen LogP contribution in [0.4, 0.5) is 0 Å². The van der Waals surface area contributed by atoms with Crippen LogP contribution in [-0.4, -0.2) is 11.4 Å². The molecule has 2 heteroatoms. The van der Waals surface area contributed by atoms with Gasteiger partial charge in [-0.15, -0.1) is 0 Å². The van der Waals surface area contributed by atoms with Gasteiger partial charge in [0.05, 0.1) is 0 Å². The average Bonchev–Trinajstić information content (AvgIpc) is 1.94. The molecule has 0 spiro atoms. The molecule has 0 heterocycles. The Hall–Kier alpha value is -0.530.